The summed E-state index contributed by atoms with van der Waals surface area (Å²) in [5, 5.41) is 11.9. The first-order valence-electron chi connectivity index (χ1n) is 7.53. The first kappa shape index (κ1) is 15.7. The smallest absolute Gasteiger partial charge is 0.385 e. The molecule has 1 amide bonds. The van der Waals surface area contributed by atoms with Crippen LogP contribution in [-0.2, 0) is 11.0 Å². The molecule has 0 aromatic heterocycles. The number of halogens is 3. The number of amides is 1. The number of nitrogens with zero attached hydrogens (tertiary/aromatic N) is 2. The number of carbonyl (C=O) groups is 1. The van der Waals surface area contributed by atoms with Gasteiger partial charge in [-0.1, -0.05) is 0 Å². The van der Waals surface area contributed by atoms with Crippen LogP contribution in [0.25, 0.3) is 0 Å². The first-order chi connectivity index (χ1) is 10.9. The van der Waals surface area contributed by atoms with Gasteiger partial charge in [0.1, 0.15) is 0 Å². The summed E-state index contributed by atoms with van der Waals surface area (Å²) in [6.45, 7) is 1.20. The summed E-state index contributed by atoms with van der Waals surface area (Å²) in [5.74, 6) is 0.306. The molecule has 2 fully saturated rings. The molecular formula is C16H16F3N3O. The van der Waals surface area contributed by atoms with E-state index in [-0.39, 0.29) is 11.8 Å². The number of nitrogens with one attached hydrogen (secondary N) is 1. The lowest BCUT2D eigenvalue weighted by atomic mass is 10.1. The Labute approximate surface area is 131 Å². The molecule has 0 bridgehead atoms. The van der Waals surface area contributed by atoms with Crippen LogP contribution in [0.4, 0.5) is 18.9 Å². The second-order valence-corrected chi connectivity index (χ2v) is 6.10. The molecule has 122 valence electrons. The molecule has 23 heavy (non-hydrogen) atoms. The Morgan fingerprint density at radius 3 is 2.70 bits per heavy atom. The van der Waals surface area contributed by atoms with E-state index < -0.39 is 17.3 Å². The third-order valence-corrected chi connectivity index (χ3v) is 4.27. The molecule has 1 aliphatic carbocycles. The van der Waals surface area contributed by atoms with Crippen molar-refractivity contribution >= 4 is 11.6 Å². The van der Waals surface area contributed by atoms with E-state index in [2.05, 4.69) is 5.32 Å². The number of rotatable bonds is 4. The minimum atomic E-state index is -4.54. The highest BCUT2D eigenvalue weighted by molar-refractivity contribution is 5.79. The zero-order valence-corrected chi connectivity index (χ0v) is 12.4. The number of hydrogen-bond acceptors (Lipinski definition) is 3. The molecule has 1 atom stereocenters. The van der Waals surface area contributed by atoms with Gasteiger partial charge in [-0.25, -0.2) is 0 Å². The van der Waals surface area contributed by atoms with E-state index in [1.54, 1.807) is 6.07 Å². The van der Waals surface area contributed by atoms with E-state index in [0.717, 1.165) is 18.9 Å². The van der Waals surface area contributed by atoms with Crippen molar-refractivity contribution in [2.75, 3.05) is 18.4 Å². The highest BCUT2D eigenvalue weighted by Crippen LogP contribution is 2.34. The molecule has 4 nitrogen and oxygen atoms in total. The zero-order valence-electron chi connectivity index (χ0n) is 12.4. The number of alkyl halides is 3. The lowest BCUT2D eigenvalue weighted by Gasteiger charge is -2.16. The van der Waals surface area contributed by atoms with Crippen LogP contribution in [0.15, 0.2) is 18.2 Å². The summed E-state index contributed by atoms with van der Waals surface area (Å²) in [6.07, 6.45) is -1.94. The minimum Gasteiger partial charge on any atom is -0.385 e. The predicted octanol–water partition coefficient (Wildman–Crippen LogP) is 3.00. The molecule has 1 saturated heterocycles. The molecule has 1 heterocycles. The number of likely N-dealkylation sites (tertiary alicyclic amines) is 1. The average molecular weight is 323 g/mol. The van der Waals surface area contributed by atoms with Crippen LogP contribution in [0.1, 0.15) is 30.4 Å². The minimum absolute atomic E-state index is 0.149. The van der Waals surface area contributed by atoms with E-state index in [9.17, 15) is 18.0 Å². The van der Waals surface area contributed by atoms with Gasteiger partial charge in [0, 0.05) is 37.2 Å². The fourth-order valence-electron chi connectivity index (χ4n) is 2.94. The Morgan fingerprint density at radius 1 is 1.35 bits per heavy atom. The summed E-state index contributed by atoms with van der Waals surface area (Å²) >= 11 is 0. The van der Waals surface area contributed by atoms with E-state index in [1.165, 1.54) is 12.1 Å². The third-order valence-electron chi connectivity index (χ3n) is 4.27. The Morgan fingerprint density at radius 2 is 2.09 bits per heavy atom. The van der Waals surface area contributed by atoms with Gasteiger partial charge >= 0.3 is 6.18 Å². The summed E-state index contributed by atoms with van der Waals surface area (Å²) < 4.78 is 38.3. The van der Waals surface area contributed by atoms with Gasteiger partial charge in [0.25, 0.3) is 0 Å². The monoisotopic (exact) mass is 323 g/mol. The molecule has 2 aliphatic rings. The Bertz CT molecular complexity index is 662. The van der Waals surface area contributed by atoms with Crippen LogP contribution in [0.5, 0.6) is 0 Å². The topological polar surface area (TPSA) is 56.1 Å². The molecule has 1 aromatic carbocycles. The van der Waals surface area contributed by atoms with Gasteiger partial charge in [0.15, 0.2) is 0 Å². The fraction of sp³-hybridized carbons (Fsp3) is 0.500. The number of anilines is 1. The van der Waals surface area contributed by atoms with Crippen molar-refractivity contribution in [3.05, 3.63) is 29.3 Å². The number of hydrogen-bond donors (Lipinski definition) is 1. The van der Waals surface area contributed by atoms with Crippen molar-refractivity contribution in [3.8, 4) is 6.07 Å². The van der Waals surface area contributed by atoms with Crippen molar-refractivity contribution < 1.29 is 18.0 Å². The Balaban J connectivity index is 1.63. The zero-order chi connectivity index (χ0) is 16.6. The summed E-state index contributed by atoms with van der Waals surface area (Å²) in [4.78, 5) is 13.8. The molecule has 1 saturated carbocycles. The van der Waals surface area contributed by atoms with Crippen molar-refractivity contribution in [1.82, 2.24) is 4.90 Å². The van der Waals surface area contributed by atoms with Crippen LogP contribution in [0.2, 0.25) is 0 Å². The van der Waals surface area contributed by atoms with Crippen molar-refractivity contribution in [2.24, 2.45) is 5.92 Å². The molecule has 0 spiro atoms. The second kappa shape index (κ2) is 5.76. The van der Waals surface area contributed by atoms with Crippen LogP contribution in [0, 0.1) is 17.2 Å². The molecule has 1 unspecified atom stereocenters. The fourth-order valence-corrected chi connectivity index (χ4v) is 2.94. The van der Waals surface area contributed by atoms with Crippen LogP contribution in [0.3, 0.4) is 0 Å². The van der Waals surface area contributed by atoms with E-state index in [0.29, 0.717) is 31.2 Å². The maximum absolute atomic E-state index is 12.8. The largest absolute Gasteiger partial charge is 0.417 e. The van der Waals surface area contributed by atoms with E-state index in [1.807, 2.05) is 4.90 Å². The molecular weight excluding hydrogens is 307 g/mol. The predicted molar refractivity (Wildman–Crippen MR) is 77.5 cm³/mol. The Kier molecular flexibility index (Phi) is 3.92. The van der Waals surface area contributed by atoms with Crippen LogP contribution >= 0.6 is 0 Å². The highest BCUT2D eigenvalue weighted by atomic mass is 19.4. The van der Waals surface area contributed by atoms with Crippen molar-refractivity contribution in [1.29, 1.82) is 5.26 Å². The number of carbonyl (C=O) groups excluding carboxylic acids is 1. The second-order valence-electron chi connectivity index (χ2n) is 6.10. The molecule has 1 aliphatic heterocycles. The van der Waals surface area contributed by atoms with Crippen LogP contribution in [-0.4, -0.2) is 29.9 Å². The molecule has 0 radical (unpaired) electrons. The number of benzene rings is 1. The summed E-state index contributed by atoms with van der Waals surface area (Å²) in [7, 11) is 0. The van der Waals surface area contributed by atoms with Crippen LogP contribution < -0.4 is 5.32 Å². The van der Waals surface area contributed by atoms with Crippen molar-refractivity contribution in [2.45, 2.75) is 31.5 Å². The summed E-state index contributed by atoms with van der Waals surface area (Å²) in [5.41, 5.74) is -0.863. The lowest BCUT2D eigenvalue weighted by Crippen LogP contribution is -2.28. The van der Waals surface area contributed by atoms with Crippen molar-refractivity contribution in [3.63, 3.8) is 0 Å². The van der Waals surface area contributed by atoms with Gasteiger partial charge in [0.2, 0.25) is 5.91 Å². The van der Waals surface area contributed by atoms with Gasteiger partial charge in [-0.2, -0.15) is 18.4 Å². The molecule has 1 aromatic rings. The Hall–Kier alpha value is -2.23. The SMILES string of the molecule is N#Cc1cc(NCC2CC(=O)N(C3CC3)C2)ccc1C(F)(F)F. The molecule has 1 N–H and O–H groups in total. The first-order valence-corrected chi connectivity index (χ1v) is 7.53. The van der Waals surface area contributed by atoms with Gasteiger partial charge in [-0.3, -0.25) is 4.79 Å². The summed E-state index contributed by atoms with van der Waals surface area (Å²) in [6, 6.07) is 5.42. The van der Waals surface area contributed by atoms with Gasteiger partial charge in [-0.15, -0.1) is 0 Å². The molecule has 3 rings (SSSR count). The number of nitriles is 1. The maximum atomic E-state index is 12.8. The van der Waals surface area contributed by atoms with Gasteiger partial charge in [0.05, 0.1) is 17.2 Å². The quantitative estimate of drug-likeness (QED) is 0.927. The third kappa shape index (κ3) is 3.41. The lowest BCUT2D eigenvalue weighted by molar-refractivity contribution is -0.137. The van der Waals surface area contributed by atoms with E-state index in [4.69, 9.17) is 5.26 Å². The molecule has 7 heteroatoms. The normalized spacial score (nSPS) is 21.4. The standard InChI is InChI=1S/C16H16F3N3O/c17-16(18,19)14-4-1-12(6-11(14)7-20)21-8-10-5-15(23)22(9-10)13-2-3-13/h1,4,6,10,13,21H,2-3,5,8-9H2. The highest BCUT2D eigenvalue weighted by Gasteiger charge is 2.39. The van der Waals surface area contributed by atoms with E-state index >= 15 is 0 Å². The maximum Gasteiger partial charge on any atom is 0.417 e. The van der Waals surface area contributed by atoms with Gasteiger partial charge in [-0.05, 0) is 31.0 Å². The average Bonchev–Trinajstić information content (AvgIpc) is 3.27. The van der Waals surface area contributed by atoms with Gasteiger partial charge < -0.3 is 10.2 Å².